The van der Waals surface area contributed by atoms with Crippen LogP contribution in [0.2, 0.25) is 0 Å². The van der Waals surface area contributed by atoms with Crippen molar-refractivity contribution in [2.75, 3.05) is 13.7 Å². The lowest BCUT2D eigenvalue weighted by Gasteiger charge is -2.11. The van der Waals surface area contributed by atoms with Crippen LogP contribution in [0, 0.1) is 6.92 Å². The lowest BCUT2D eigenvalue weighted by Crippen LogP contribution is -2.10. The molecule has 1 aromatic carbocycles. The number of hydrogen-bond acceptors (Lipinski definition) is 4. The van der Waals surface area contributed by atoms with Gasteiger partial charge in [0, 0.05) is 0 Å². The van der Waals surface area contributed by atoms with Crippen LogP contribution < -0.4 is 4.74 Å². The van der Waals surface area contributed by atoms with Crippen LogP contribution in [0.15, 0.2) is 12.1 Å². The minimum atomic E-state index is -1.09. The highest BCUT2D eigenvalue weighted by atomic mass is 16.5. The second-order valence-corrected chi connectivity index (χ2v) is 4.14. The number of rotatable bonds is 6. The topological polar surface area (TPSA) is 72.8 Å². The number of carboxylic acid groups (broad SMARTS) is 1. The number of ether oxygens (including phenoxy) is 2. The van der Waals surface area contributed by atoms with Crippen LogP contribution >= 0.6 is 0 Å². The standard InChI is InChI=1S/C14H18O5/c1-4-5-6-19-10-7-11(13(15)16)9(2)12(8-10)14(17)18-3/h7-8H,4-6H2,1-3H3,(H,15,16). The Morgan fingerprint density at radius 2 is 1.89 bits per heavy atom. The summed E-state index contributed by atoms with van der Waals surface area (Å²) in [6.45, 7) is 4.09. The summed E-state index contributed by atoms with van der Waals surface area (Å²) >= 11 is 0. The van der Waals surface area contributed by atoms with E-state index in [1.807, 2.05) is 6.92 Å². The lowest BCUT2D eigenvalue weighted by molar-refractivity contribution is 0.0599. The molecule has 0 radical (unpaired) electrons. The molecule has 19 heavy (non-hydrogen) atoms. The van der Waals surface area contributed by atoms with E-state index in [-0.39, 0.29) is 11.1 Å². The summed E-state index contributed by atoms with van der Waals surface area (Å²) in [6.07, 6.45) is 1.84. The molecule has 0 heterocycles. The van der Waals surface area contributed by atoms with E-state index in [4.69, 9.17) is 9.84 Å². The summed E-state index contributed by atoms with van der Waals surface area (Å²) in [4.78, 5) is 22.8. The van der Waals surface area contributed by atoms with Crippen LogP contribution in [-0.4, -0.2) is 30.8 Å². The Bertz CT molecular complexity index is 479. The first-order chi connectivity index (χ1) is 9.01. The van der Waals surface area contributed by atoms with Gasteiger partial charge in [0.2, 0.25) is 0 Å². The number of esters is 1. The number of aromatic carboxylic acids is 1. The van der Waals surface area contributed by atoms with E-state index in [1.54, 1.807) is 6.92 Å². The number of carbonyl (C=O) groups excluding carboxylic acids is 1. The minimum Gasteiger partial charge on any atom is -0.494 e. The number of benzene rings is 1. The van der Waals surface area contributed by atoms with Crippen molar-refractivity contribution in [2.45, 2.75) is 26.7 Å². The fourth-order valence-electron chi connectivity index (χ4n) is 1.65. The van der Waals surface area contributed by atoms with Crippen LogP contribution in [-0.2, 0) is 4.74 Å². The van der Waals surface area contributed by atoms with E-state index in [9.17, 15) is 9.59 Å². The molecule has 1 aromatic rings. The molecule has 0 amide bonds. The molecule has 5 nitrogen and oxygen atoms in total. The van der Waals surface area contributed by atoms with E-state index in [2.05, 4.69) is 4.74 Å². The van der Waals surface area contributed by atoms with Gasteiger partial charge in [-0.2, -0.15) is 0 Å². The molecule has 1 rings (SSSR count). The van der Waals surface area contributed by atoms with Gasteiger partial charge in [-0.3, -0.25) is 0 Å². The molecule has 0 aromatic heterocycles. The SMILES string of the molecule is CCCCOc1cc(C(=O)O)c(C)c(C(=O)OC)c1. The van der Waals surface area contributed by atoms with E-state index in [0.717, 1.165) is 12.8 Å². The van der Waals surface area contributed by atoms with Gasteiger partial charge in [-0.1, -0.05) is 13.3 Å². The first-order valence-corrected chi connectivity index (χ1v) is 6.10. The van der Waals surface area contributed by atoms with E-state index >= 15 is 0 Å². The maximum atomic E-state index is 11.6. The molecule has 104 valence electrons. The van der Waals surface area contributed by atoms with E-state index in [0.29, 0.717) is 17.9 Å². The van der Waals surface area contributed by atoms with Crippen molar-refractivity contribution >= 4 is 11.9 Å². The Morgan fingerprint density at radius 3 is 2.42 bits per heavy atom. The second kappa shape index (κ2) is 6.78. The van der Waals surface area contributed by atoms with Crippen LogP contribution in [0.4, 0.5) is 0 Å². The van der Waals surface area contributed by atoms with Gasteiger partial charge in [0.15, 0.2) is 0 Å². The van der Waals surface area contributed by atoms with Crippen LogP contribution in [0.5, 0.6) is 5.75 Å². The van der Waals surface area contributed by atoms with Gasteiger partial charge in [-0.05, 0) is 31.0 Å². The van der Waals surface area contributed by atoms with E-state index in [1.165, 1.54) is 19.2 Å². The summed E-state index contributed by atoms with van der Waals surface area (Å²) in [6, 6.07) is 2.95. The average molecular weight is 266 g/mol. The van der Waals surface area contributed by atoms with Crippen molar-refractivity contribution in [3.63, 3.8) is 0 Å². The Kier molecular flexibility index (Phi) is 5.36. The van der Waals surface area contributed by atoms with Gasteiger partial charge in [0.05, 0.1) is 24.8 Å². The second-order valence-electron chi connectivity index (χ2n) is 4.14. The first-order valence-electron chi connectivity index (χ1n) is 6.10. The summed E-state index contributed by atoms with van der Waals surface area (Å²) in [5.41, 5.74) is 0.644. The summed E-state index contributed by atoms with van der Waals surface area (Å²) in [7, 11) is 1.26. The maximum absolute atomic E-state index is 11.6. The number of carbonyl (C=O) groups is 2. The average Bonchev–Trinajstić information content (AvgIpc) is 2.39. The quantitative estimate of drug-likeness (QED) is 0.633. The molecule has 0 saturated carbocycles. The van der Waals surface area contributed by atoms with Gasteiger partial charge < -0.3 is 14.6 Å². The smallest absolute Gasteiger partial charge is 0.338 e. The number of unbranched alkanes of at least 4 members (excludes halogenated alkanes) is 1. The summed E-state index contributed by atoms with van der Waals surface area (Å²) in [5.74, 6) is -1.29. The molecular weight excluding hydrogens is 248 g/mol. The van der Waals surface area contributed by atoms with Crippen LogP contribution in [0.3, 0.4) is 0 Å². The highest BCUT2D eigenvalue weighted by Gasteiger charge is 2.18. The predicted molar refractivity (Wildman–Crippen MR) is 69.9 cm³/mol. The number of methoxy groups -OCH3 is 1. The highest BCUT2D eigenvalue weighted by molar-refractivity contribution is 5.97. The molecule has 5 heteroatoms. The Balaban J connectivity index is 3.15. The van der Waals surface area contributed by atoms with Gasteiger partial charge in [-0.25, -0.2) is 9.59 Å². The van der Waals surface area contributed by atoms with Crippen molar-refractivity contribution in [3.8, 4) is 5.75 Å². The molecule has 1 N–H and O–H groups in total. The van der Waals surface area contributed by atoms with Gasteiger partial charge >= 0.3 is 11.9 Å². The fourth-order valence-corrected chi connectivity index (χ4v) is 1.65. The van der Waals surface area contributed by atoms with E-state index < -0.39 is 11.9 Å². The number of carboxylic acids is 1. The van der Waals surface area contributed by atoms with Crippen molar-refractivity contribution in [1.82, 2.24) is 0 Å². The Labute approximate surface area is 112 Å². The van der Waals surface area contributed by atoms with Crippen molar-refractivity contribution in [3.05, 3.63) is 28.8 Å². The zero-order chi connectivity index (χ0) is 14.4. The molecule has 0 aliphatic carbocycles. The summed E-state index contributed by atoms with van der Waals surface area (Å²) < 4.78 is 10.1. The molecule has 0 unspecified atom stereocenters. The summed E-state index contributed by atoms with van der Waals surface area (Å²) in [5, 5.41) is 9.13. The third-order valence-corrected chi connectivity index (χ3v) is 2.78. The molecular formula is C14H18O5. The molecule has 0 bridgehead atoms. The highest BCUT2D eigenvalue weighted by Crippen LogP contribution is 2.23. The van der Waals surface area contributed by atoms with Gasteiger partial charge in [-0.15, -0.1) is 0 Å². The van der Waals surface area contributed by atoms with Crippen LogP contribution in [0.1, 0.15) is 46.0 Å². The Morgan fingerprint density at radius 1 is 1.26 bits per heavy atom. The maximum Gasteiger partial charge on any atom is 0.338 e. The monoisotopic (exact) mass is 266 g/mol. The predicted octanol–water partition coefficient (Wildman–Crippen LogP) is 2.66. The Hall–Kier alpha value is -2.04. The van der Waals surface area contributed by atoms with Crippen molar-refractivity contribution in [2.24, 2.45) is 0 Å². The lowest BCUT2D eigenvalue weighted by atomic mass is 10.0. The largest absolute Gasteiger partial charge is 0.494 e. The molecule has 0 fully saturated rings. The normalized spacial score (nSPS) is 10.1. The minimum absolute atomic E-state index is 0.0504. The molecule has 0 aliphatic rings. The van der Waals surface area contributed by atoms with Crippen LogP contribution in [0.25, 0.3) is 0 Å². The van der Waals surface area contributed by atoms with Crippen molar-refractivity contribution < 1.29 is 24.2 Å². The van der Waals surface area contributed by atoms with Crippen molar-refractivity contribution in [1.29, 1.82) is 0 Å². The fraction of sp³-hybridized carbons (Fsp3) is 0.429. The third-order valence-electron chi connectivity index (χ3n) is 2.78. The molecule has 0 aliphatic heterocycles. The molecule has 0 atom stereocenters. The third kappa shape index (κ3) is 3.71. The number of hydrogen-bond donors (Lipinski definition) is 1. The zero-order valence-corrected chi connectivity index (χ0v) is 11.4. The van der Waals surface area contributed by atoms with Gasteiger partial charge in [0.1, 0.15) is 5.75 Å². The van der Waals surface area contributed by atoms with Gasteiger partial charge in [0.25, 0.3) is 0 Å². The first kappa shape index (κ1) is 15.0. The molecule has 0 saturated heterocycles. The zero-order valence-electron chi connectivity index (χ0n) is 11.4. The molecule has 0 spiro atoms.